The molecule has 1 aromatic heterocycles. The van der Waals surface area contributed by atoms with Crippen molar-refractivity contribution < 1.29 is 0 Å². The molecule has 1 atom stereocenters. The first-order valence-electron chi connectivity index (χ1n) is 6.08. The van der Waals surface area contributed by atoms with Gasteiger partial charge in [-0.3, -0.25) is 9.58 Å². The number of hydrogen-bond donors (Lipinski definition) is 1. The second-order valence-corrected chi connectivity index (χ2v) is 4.79. The Kier molecular flexibility index (Phi) is 2.61. The lowest BCUT2D eigenvalue weighted by Gasteiger charge is -2.33. The molecule has 0 amide bonds. The Morgan fingerprint density at radius 2 is 2.24 bits per heavy atom. The molecule has 0 radical (unpaired) electrons. The Bertz CT molecular complexity index is 531. The first kappa shape index (κ1) is 10.7. The van der Waals surface area contributed by atoms with Crippen molar-refractivity contribution in [3.8, 4) is 0 Å². The van der Waals surface area contributed by atoms with Crippen LogP contribution in [0.3, 0.4) is 0 Å². The van der Waals surface area contributed by atoms with Crippen LogP contribution in [0.2, 0.25) is 0 Å². The van der Waals surface area contributed by atoms with Crippen LogP contribution in [0.1, 0.15) is 11.6 Å². The van der Waals surface area contributed by atoms with E-state index in [1.165, 1.54) is 16.5 Å². The summed E-state index contributed by atoms with van der Waals surface area (Å²) in [6.45, 7) is 3.22. The molecular formula is C13H18N4. The molecule has 4 nitrogen and oxygen atoms in total. The predicted molar refractivity (Wildman–Crippen MR) is 69.0 cm³/mol. The van der Waals surface area contributed by atoms with Crippen LogP contribution < -0.4 is 5.32 Å². The number of nitrogens with zero attached hydrogens (tertiary/aromatic N) is 3. The first-order chi connectivity index (χ1) is 8.25. The number of nitrogens with one attached hydrogen (secondary N) is 1. The van der Waals surface area contributed by atoms with Gasteiger partial charge in [0, 0.05) is 38.1 Å². The number of fused-ring (bicyclic) bond motifs is 1. The summed E-state index contributed by atoms with van der Waals surface area (Å²) in [7, 11) is 4.18. The minimum Gasteiger partial charge on any atom is -0.314 e. The highest BCUT2D eigenvalue weighted by molar-refractivity contribution is 5.79. The number of rotatable bonds is 1. The Morgan fingerprint density at radius 1 is 1.35 bits per heavy atom. The lowest BCUT2D eigenvalue weighted by atomic mass is 10.0. The first-order valence-corrected chi connectivity index (χ1v) is 6.08. The summed E-state index contributed by atoms with van der Waals surface area (Å²) in [4.78, 5) is 2.41. The summed E-state index contributed by atoms with van der Waals surface area (Å²) in [5.74, 6) is 0. The third-order valence-electron chi connectivity index (χ3n) is 3.67. The van der Waals surface area contributed by atoms with Crippen LogP contribution in [-0.2, 0) is 7.05 Å². The van der Waals surface area contributed by atoms with Gasteiger partial charge in [0.1, 0.15) is 0 Å². The standard InChI is InChI=1S/C13H18N4/c1-16-6-5-14-9-13(16)10-3-4-12-11(7-10)8-15-17(12)2/h3-4,7-8,13-14H,5-6,9H2,1-2H3/t13-/m0/s1. The van der Waals surface area contributed by atoms with E-state index in [4.69, 9.17) is 0 Å². The SMILES string of the molecule is CN1CCNC[C@H]1c1ccc2c(cnn2C)c1. The second kappa shape index (κ2) is 4.13. The molecule has 1 N–H and O–H groups in total. The molecule has 1 aliphatic heterocycles. The monoisotopic (exact) mass is 230 g/mol. The van der Waals surface area contributed by atoms with E-state index in [0.29, 0.717) is 6.04 Å². The lowest BCUT2D eigenvalue weighted by Crippen LogP contribution is -2.43. The summed E-state index contributed by atoms with van der Waals surface area (Å²) in [5.41, 5.74) is 2.57. The van der Waals surface area contributed by atoms with Crippen molar-refractivity contribution in [2.45, 2.75) is 6.04 Å². The number of hydrogen-bond acceptors (Lipinski definition) is 3. The van der Waals surface area contributed by atoms with Crippen LogP contribution in [0.15, 0.2) is 24.4 Å². The molecule has 4 heteroatoms. The Hall–Kier alpha value is -1.39. The van der Waals surface area contributed by atoms with E-state index in [9.17, 15) is 0 Å². The molecule has 0 spiro atoms. The van der Waals surface area contributed by atoms with Gasteiger partial charge < -0.3 is 5.32 Å². The van der Waals surface area contributed by atoms with Gasteiger partial charge in [-0.15, -0.1) is 0 Å². The summed E-state index contributed by atoms with van der Waals surface area (Å²) in [6.07, 6.45) is 1.94. The molecule has 3 rings (SSSR count). The molecule has 1 fully saturated rings. The molecular weight excluding hydrogens is 212 g/mol. The van der Waals surface area contributed by atoms with Gasteiger partial charge in [0.2, 0.25) is 0 Å². The topological polar surface area (TPSA) is 33.1 Å². The predicted octanol–water partition coefficient (Wildman–Crippen LogP) is 1.15. The van der Waals surface area contributed by atoms with Gasteiger partial charge in [0.15, 0.2) is 0 Å². The van der Waals surface area contributed by atoms with Crippen molar-refractivity contribution in [2.75, 3.05) is 26.7 Å². The molecule has 0 bridgehead atoms. The number of likely N-dealkylation sites (N-methyl/N-ethyl adjacent to an activating group) is 1. The maximum atomic E-state index is 4.29. The molecule has 1 aromatic carbocycles. The molecule has 2 heterocycles. The summed E-state index contributed by atoms with van der Waals surface area (Å²) in [5, 5.41) is 8.97. The van der Waals surface area contributed by atoms with E-state index in [2.05, 4.69) is 40.6 Å². The van der Waals surface area contributed by atoms with Gasteiger partial charge >= 0.3 is 0 Å². The van der Waals surface area contributed by atoms with E-state index in [1.807, 2.05) is 17.9 Å². The molecule has 1 aliphatic rings. The van der Waals surface area contributed by atoms with Crippen molar-refractivity contribution in [1.29, 1.82) is 0 Å². The van der Waals surface area contributed by atoms with Crippen LogP contribution in [0.5, 0.6) is 0 Å². The molecule has 17 heavy (non-hydrogen) atoms. The average Bonchev–Trinajstić information content (AvgIpc) is 2.71. The minimum atomic E-state index is 0.480. The highest BCUT2D eigenvalue weighted by atomic mass is 15.2. The van der Waals surface area contributed by atoms with Gasteiger partial charge in [-0.1, -0.05) is 6.07 Å². The zero-order chi connectivity index (χ0) is 11.8. The molecule has 0 unspecified atom stereocenters. The fourth-order valence-electron chi connectivity index (χ4n) is 2.57. The minimum absolute atomic E-state index is 0.480. The van der Waals surface area contributed by atoms with Gasteiger partial charge in [0.05, 0.1) is 11.7 Å². The quantitative estimate of drug-likeness (QED) is 0.798. The van der Waals surface area contributed by atoms with E-state index in [1.54, 1.807) is 0 Å². The summed E-state index contributed by atoms with van der Waals surface area (Å²) >= 11 is 0. The maximum Gasteiger partial charge on any atom is 0.0679 e. The van der Waals surface area contributed by atoms with Crippen LogP contribution in [0, 0.1) is 0 Å². The number of piperazine rings is 1. The number of benzene rings is 1. The van der Waals surface area contributed by atoms with Crippen LogP contribution in [-0.4, -0.2) is 41.4 Å². The third-order valence-corrected chi connectivity index (χ3v) is 3.67. The number of aromatic nitrogens is 2. The van der Waals surface area contributed by atoms with Crippen LogP contribution in [0.4, 0.5) is 0 Å². The molecule has 0 saturated carbocycles. The van der Waals surface area contributed by atoms with Crippen LogP contribution in [0.25, 0.3) is 10.9 Å². The van der Waals surface area contributed by atoms with Crippen molar-refractivity contribution in [3.05, 3.63) is 30.0 Å². The van der Waals surface area contributed by atoms with Gasteiger partial charge in [0.25, 0.3) is 0 Å². The lowest BCUT2D eigenvalue weighted by molar-refractivity contribution is 0.202. The van der Waals surface area contributed by atoms with Gasteiger partial charge in [-0.2, -0.15) is 5.10 Å². The van der Waals surface area contributed by atoms with Gasteiger partial charge in [-0.05, 0) is 24.7 Å². The molecule has 0 aliphatic carbocycles. The van der Waals surface area contributed by atoms with E-state index in [0.717, 1.165) is 19.6 Å². The maximum absolute atomic E-state index is 4.29. The highest BCUT2D eigenvalue weighted by Crippen LogP contribution is 2.24. The Labute approximate surface area is 101 Å². The zero-order valence-electron chi connectivity index (χ0n) is 10.3. The van der Waals surface area contributed by atoms with E-state index in [-0.39, 0.29) is 0 Å². The van der Waals surface area contributed by atoms with Crippen molar-refractivity contribution >= 4 is 10.9 Å². The van der Waals surface area contributed by atoms with E-state index >= 15 is 0 Å². The largest absolute Gasteiger partial charge is 0.314 e. The summed E-state index contributed by atoms with van der Waals surface area (Å²) < 4.78 is 1.92. The second-order valence-electron chi connectivity index (χ2n) is 4.79. The average molecular weight is 230 g/mol. The van der Waals surface area contributed by atoms with Crippen LogP contribution >= 0.6 is 0 Å². The van der Waals surface area contributed by atoms with Crippen molar-refractivity contribution in [3.63, 3.8) is 0 Å². The van der Waals surface area contributed by atoms with Crippen molar-refractivity contribution in [2.24, 2.45) is 7.05 Å². The van der Waals surface area contributed by atoms with Gasteiger partial charge in [-0.25, -0.2) is 0 Å². The smallest absolute Gasteiger partial charge is 0.0679 e. The summed E-state index contributed by atoms with van der Waals surface area (Å²) in [6, 6.07) is 7.13. The fourth-order valence-corrected chi connectivity index (χ4v) is 2.57. The molecule has 1 saturated heterocycles. The highest BCUT2D eigenvalue weighted by Gasteiger charge is 2.20. The zero-order valence-corrected chi connectivity index (χ0v) is 10.3. The third kappa shape index (κ3) is 1.83. The fraction of sp³-hybridized carbons (Fsp3) is 0.462. The number of aryl methyl sites for hydroxylation is 1. The normalized spacial score (nSPS) is 22.1. The Morgan fingerprint density at radius 3 is 3.06 bits per heavy atom. The van der Waals surface area contributed by atoms with Crippen molar-refractivity contribution in [1.82, 2.24) is 20.0 Å². The van der Waals surface area contributed by atoms with E-state index < -0.39 is 0 Å². The molecule has 2 aromatic rings. The Balaban J connectivity index is 1.99. The molecule has 90 valence electrons.